The average Bonchev–Trinajstić information content (AvgIpc) is 2.38. The van der Waals surface area contributed by atoms with Gasteiger partial charge in [-0.3, -0.25) is 0 Å². The third kappa shape index (κ3) is 4.27. The Morgan fingerprint density at radius 3 is 2.53 bits per heavy atom. The minimum absolute atomic E-state index is 0.212. The number of benzene rings is 1. The second-order valence-electron chi connectivity index (χ2n) is 5.70. The van der Waals surface area contributed by atoms with E-state index in [9.17, 15) is 4.79 Å². The fraction of sp³-hybridized carbons (Fsp3) is 0.562. The summed E-state index contributed by atoms with van der Waals surface area (Å²) in [5.74, 6) is 0.346. The normalized spacial score (nSPS) is 14.0. The molecule has 19 heavy (non-hydrogen) atoms. The van der Waals surface area contributed by atoms with E-state index in [1.165, 1.54) is 7.11 Å². The summed E-state index contributed by atoms with van der Waals surface area (Å²) in [5.41, 5.74) is 1.44. The molecule has 1 aromatic rings. The Balaban J connectivity index is 2.91. The average molecular weight is 263 g/mol. The molecule has 0 aliphatic rings. The first-order valence-electron chi connectivity index (χ1n) is 6.81. The van der Waals surface area contributed by atoms with E-state index in [1.54, 1.807) is 0 Å². The fourth-order valence-electron chi connectivity index (χ4n) is 2.03. The molecule has 3 heteroatoms. The van der Waals surface area contributed by atoms with Crippen molar-refractivity contribution >= 4 is 11.7 Å². The molecule has 3 nitrogen and oxygen atoms in total. The van der Waals surface area contributed by atoms with Crippen LogP contribution in [-0.4, -0.2) is 18.6 Å². The SMILES string of the molecule is COC(=O)C(C)(CCC(C)C)Nc1ccccc1C. The third-order valence-electron chi connectivity index (χ3n) is 3.41. The van der Waals surface area contributed by atoms with Crippen LogP contribution < -0.4 is 5.32 Å². The van der Waals surface area contributed by atoms with E-state index in [0.29, 0.717) is 5.92 Å². The van der Waals surface area contributed by atoms with Crippen molar-refractivity contribution in [1.82, 2.24) is 0 Å². The van der Waals surface area contributed by atoms with Crippen molar-refractivity contribution in [3.63, 3.8) is 0 Å². The highest BCUT2D eigenvalue weighted by Gasteiger charge is 2.34. The highest BCUT2D eigenvalue weighted by atomic mass is 16.5. The summed E-state index contributed by atoms with van der Waals surface area (Å²) in [6.07, 6.45) is 1.73. The Morgan fingerprint density at radius 2 is 2.00 bits per heavy atom. The first-order valence-corrected chi connectivity index (χ1v) is 6.81. The first-order chi connectivity index (χ1) is 8.89. The summed E-state index contributed by atoms with van der Waals surface area (Å²) in [6, 6.07) is 7.98. The van der Waals surface area contributed by atoms with E-state index in [0.717, 1.165) is 24.1 Å². The Hall–Kier alpha value is -1.51. The van der Waals surface area contributed by atoms with Crippen LogP contribution >= 0.6 is 0 Å². The first kappa shape index (κ1) is 15.5. The lowest BCUT2D eigenvalue weighted by molar-refractivity contribution is -0.145. The summed E-state index contributed by atoms with van der Waals surface area (Å²) in [7, 11) is 1.44. The van der Waals surface area contributed by atoms with Crippen LogP contribution in [0.5, 0.6) is 0 Å². The number of anilines is 1. The second-order valence-corrected chi connectivity index (χ2v) is 5.70. The van der Waals surface area contributed by atoms with Crippen LogP contribution in [0.15, 0.2) is 24.3 Å². The Morgan fingerprint density at radius 1 is 1.37 bits per heavy atom. The van der Waals surface area contributed by atoms with Crippen LogP contribution in [0, 0.1) is 12.8 Å². The van der Waals surface area contributed by atoms with Gasteiger partial charge in [0.05, 0.1) is 7.11 Å². The molecule has 0 bridgehead atoms. The molecule has 0 saturated heterocycles. The predicted molar refractivity (Wildman–Crippen MR) is 79.3 cm³/mol. The van der Waals surface area contributed by atoms with Gasteiger partial charge in [0.15, 0.2) is 0 Å². The third-order valence-corrected chi connectivity index (χ3v) is 3.41. The number of methoxy groups -OCH3 is 1. The van der Waals surface area contributed by atoms with Crippen LogP contribution in [0.2, 0.25) is 0 Å². The van der Waals surface area contributed by atoms with Gasteiger partial charge in [0.25, 0.3) is 0 Å². The highest BCUT2D eigenvalue weighted by molar-refractivity contribution is 5.84. The molecule has 0 amide bonds. The standard InChI is InChI=1S/C16H25NO2/c1-12(2)10-11-16(4,15(18)19-5)17-14-9-7-6-8-13(14)3/h6-9,12,17H,10-11H2,1-5H3. The maximum absolute atomic E-state index is 12.1. The van der Waals surface area contributed by atoms with E-state index in [2.05, 4.69) is 19.2 Å². The van der Waals surface area contributed by atoms with Gasteiger partial charge in [-0.2, -0.15) is 0 Å². The van der Waals surface area contributed by atoms with Gasteiger partial charge in [-0.05, 0) is 44.2 Å². The number of hydrogen-bond donors (Lipinski definition) is 1. The van der Waals surface area contributed by atoms with Gasteiger partial charge in [-0.1, -0.05) is 32.0 Å². The van der Waals surface area contributed by atoms with Crippen LogP contribution in [0.4, 0.5) is 5.69 Å². The van der Waals surface area contributed by atoms with E-state index < -0.39 is 5.54 Å². The molecular weight excluding hydrogens is 238 g/mol. The Kier molecular flexibility index (Phi) is 5.40. The molecule has 1 rings (SSSR count). The van der Waals surface area contributed by atoms with Crippen molar-refractivity contribution in [2.24, 2.45) is 5.92 Å². The molecule has 0 spiro atoms. The Labute approximate surface area is 116 Å². The molecule has 1 atom stereocenters. The molecule has 1 unspecified atom stereocenters. The van der Waals surface area contributed by atoms with Gasteiger partial charge in [0, 0.05) is 5.69 Å². The van der Waals surface area contributed by atoms with Crippen LogP contribution in [0.25, 0.3) is 0 Å². The summed E-state index contributed by atoms with van der Waals surface area (Å²) in [4.78, 5) is 12.1. The number of hydrogen-bond acceptors (Lipinski definition) is 3. The number of ether oxygens (including phenoxy) is 1. The van der Waals surface area contributed by atoms with Crippen molar-refractivity contribution in [3.05, 3.63) is 29.8 Å². The topological polar surface area (TPSA) is 38.3 Å². The van der Waals surface area contributed by atoms with Gasteiger partial charge in [-0.25, -0.2) is 4.79 Å². The van der Waals surface area contributed by atoms with E-state index in [4.69, 9.17) is 4.74 Å². The minimum atomic E-state index is -0.675. The monoisotopic (exact) mass is 263 g/mol. The van der Waals surface area contributed by atoms with E-state index >= 15 is 0 Å². The largest absolute Gasteiger partial charge is 0.467 e. The molecule has 0 radical (unpaired) electrons. The van der Waals surface area contributed by atoms with E-state index in [1.807, 2.05) is 38.1 Å². The number of esters is 1. The molecular formula is C16H25NO2. The summed E-state index contributed by atoms with van der Waals surface area (Å²) in [5, 5.41) is 3.36. The smallest absolute Gasteiger partial charge is 0.331 e. The second kappa shape index (κ2) is 6.60. The Bertz CT molecular complexity index is 429. The van der Waals surface area contributed by atoms with Crippen LogP contribution in [0.3, 0.4) is 0 Å². The molecule has 0 aromatic heterocycles. The number of aryl methyl sites for hydroxylation is 1. The van der Waals surface area contributed by atoms with Crippen molar-refractivity contribution < 1.29 is 9.53 Å². The summed E-state index contributed by atoms with van der Waals surface area (Å²) < 4.78 is 4.96. The van der Waals surface area contributed by atoms with Crippen molar-refractivity contribution in [3.8, 4) is 0 Å². The zero-order valence-corrected chi connectivity index (χ0v) is 12.6. The number of rotatable bonds is 6. The quantitative estimate of drug-likeness (QED) is 0.794. The molecule has 1 aromatic carbocycles. The van der Waals surface area contributed by atoms with Gasteiger partial charge >= 0.3 is 5.97 Å². The molecule has 0 saturated carbocycles. The number of carbonyl (C=O) groups is 1. The lowest BCUT2D eigenvalue weighted by Crippen LogP contribution is -2.44. The molecule has 1 N–H and O–H groups in total. The minimum Gasteiger partial charge on any atom is -0.467 e. The van der Waals surface area contributed by atoms with Crippen LogP contribution in [-0.2, 0) is 9.53 Å². The van der Waals surface area contributed by atoms with Gasteiger partial charge in [0.2, 0.25) is 0 Å². The number of carbonyl (C=O) groups excluding carboxylic acids is 1. The summed E-state index contributed by atoms with van der Waals surface area (Å²) >= 11 is 0. The molecule has 0 fully saturated rings. The maximum Gasteiger partial charge on any atom is 0.331 e. The zero-order chi connectivity index (χ0) is 14.5. The molecule has 0 aliphatic carbocycles. The van der Waals surface area contributed by atoms with Crippen molar-refractivity contribution in [1.29, 1.82) is 0 Å². The maximum atomic E-state index is 12.1. The molecule has 0 aliphatic heterocycles. The van der Waals surface area contributed by atoms with E-state index in [-0.39, 0.29) is 5.97 Å². The highest BCUT2D eigenvalue weighted by Crippen LogP contribution is 2.25. The van der Waals surface area contributed by atoms with Crippen molar-refractivity contribution in [2.75, 3.05) is 12.4 Å². The van der Waals surface area contributed by atoms with Crippen molar-refractivity contribution in [2.45, 2.75) is 46.1 Å². The summed E-state index contributed by atoms with van der Waals surface area (Å²) in [6.45, 7) is 8.26. The molecule has 0 heterocycles. The fourth-order valence-corrected chi connectivity index (χ4v) is 2.03. The lowest BCUT2D eigenvalue weighted by atomic mass is 9.91. The zero-order valence-electron chi connectivity index (χ0n) is 12.6. The number of para-hydroxylation sites is 1. The van der Waals surface area contributed by atoms with Gasteiger partial charge < -0.3 is 10.1 Å². The predicted octanol–water partition coefficient (Wildman–Crippen LogP) is 3.77. The number of nitrogens with one attached hydrogen (secondary N) is 1. The van der Waals surface area contributed by atoms with Crippen LogP contribution in [0.1, 0.15) is 39.2 Å². The molecule has 106 valence electrons. The lowest BCUT2D eigenvalue weighted by Gasteiger charge is -2.30. The van der Waals surface area contributed by atoms with Gasteiger partial charge in [0.1, 0.15) is 5.54 Å². The van der Waals surface area contributed by atoms with Gasteiger partial charge in [-0.15, -0.1) is 0 Å².